The molecule has 6 atom stereocenters. The second kappa shape index (κ2) is 11.7. The Hall–Kier alpha value is -4.63. The molecule has 14 heteroatoms. The highest BCUT2D eigenvalue weighted by Crippen LogP contribution is 2.50. The lowest BCUT2D eigenvalue weighted by Gasteiger charge is -2.38. The highest BCUT2D eigenvalue weighted by atomic mass is 16.7. The summed E-state index contributed by atoms with van der Waals surface area (Å²) in [6, 6.07) is 8.17. The number of amidine groups is 1. The van der Waals surface area contributed by atoms with Crippen molar-refractivity contribution in [1.82, 2.24) is 0 Å². The number of carboxylic acids is 1. The van der Waals surface area contributed by atoms with E-state index in [2.05, 4.69) is 4.99 Å². The number of aromatic hydroxyl groups is 1. The fourth-order valence-electron chi connectivity index (χ4n) is 4.65. The molecule has 0 aliphatic carbocycles. The number of hydrogen-bond donors (Lipinski definition) is 7. The molecule has 0 amide bonds. The topological polar surface area (TPSA) is 223 Å². The number of hydrogen-bond acceptors (Lipinski definition) is 11. The molecule has 2 aromatic rings. The van der Waals surface area contributed by atoms with E-state index in [1.807, 2.05) is 6.08 Å². The van der Waals surface area contributed by atoms with Crippen molar-refractivity contribution in [1.29, 1.82) is 0 Å². The number of allylic oxidation sites excluding steroid dienone is 1. The molecular formula is C28H29N2O12+. The van der Waals surface area contributed by atoms with Gasteiger partial charge in [-0.3, -0.25) is 5.41 Å². The number of benzene rings is 2. The number of methoxy groups -OCH3 is 1. The van der Waals surface area contributed by atoms with Crippen LogP contribution in [0.25, 0.3) is 5.76 Å². The predicted octanol–water partition coefficient (Wildman–Crippen LogP) is -0.358. The van der Waals surface area contributed by atoms with Crippen molar-refractivity contribution in [2.24, 2.45) is 4.99 Å². The van der Waals surface area contributed by atoms with Crippen LogP contribution in [0.3, 0.4) is 0 Å². The summed E-state index contributed by atoms with van der Waals surface area (Å²) in [5.74, 6) is -2.01. The van der Waals surface area contributed by atoms with Gasteiger partial charge in [-0.25, -0.2) is 4.79 Å². The van der Waals surface area contributed by atoms with Gasteiger partial charge in [-0.1, -0.05) is 12.1 Å². The molecule has 3 aliphatic rings. The number of nitrogens with zero attached hydrogens (tertiary/aromatic N) is 1. The molecule has 0 saturated carbocycles. The first-order valence-corrected chi connectivity index (χ1v) is 12.8. The van der Waals surface area contributed by atoms with Crippen molar-refractivity contribution in [3.63, 3.8) is 0 Å². The summed E-state index contributed by atoms with van der Waals surface area (Å²) in [4.78, 5) is 15.6. The maximum absolute atomic E-state index is 11.5. The number of aliphatic imine (C=N–C) groups is 1. The van der Waals surface area contributed by atoms with Gasteiger partial charge in [0.15, 0.2) is 23.3 Å². The van der Waals surface area contributed by atoms with Gasteiger partial charge in [0.2, 0.25) is 12.0 Å². The largest absolute Gasteiger partial charge is 0.507 e. The van der Waals surface area contributed by atoms with E-state index in [0.29, 0.717) is 30.2 Å². The number of phenolic OH excluding ortho intramolecular Hbond substituents is 1. The number of carboxylic acid groups (broad SMARTS) is 1. The molecule has 8 N–H and O–H groups in total. The molecule has 14 nitrogen and oxygen atoms in total. The lowest BCUT2D eigenvalue weighted by molar-refractivity contribution is -0.271. The maximum atomic E-state index is 11.5. The standard InChI is InChI=1S/C28H28N2O12/c1-38-25-18(41-28-24(35)22(33)23(34)26(42-28)27(36)37)11-17-20(21(25)32)15(31)10-16(40-17)12-2-5-14(6-3-12)39-9-8-13-4-7-19(29)30-13/h2-7,10-11,16,22-24,26,28-29,31-35H,8-9H2,1H3,(H,36,37)/p+1/t16?,22-,23+,24-,26+,28-/m1/s1. The van der Waals surface area contributed by atoms with Crippen LogP contribution < -0.4 is 24.4 Å². The zero-order valence-electron chi connectivity index (χ0n) is 22.2. The predicted molar refractivity (Wildman–Crippen MR) is 144 cm³/mol. The van der Waals surface area contributed by atoms with Gasteiger partial charge in [0.1, 0.15) is 47.2 Å². The molecule has 42 heavy (non-hydrogen) atoms. The van der Waals surface area contributed by atoms with Crippen molar-refractivity contribution < 1.29 is 64.5 Å². The lowest BCUT2D eigenvalue weighted by atomic mass is 9.99. The van der Waals surface area contributed by atoms with Gasteiger partial charge in [0.05, 0.1) is 13.7 Å². The van der Waals surface area contributed by atoms with Crippen molar-refractivity contribution in [3.05, 3.63) is 59.7 Å². The third-order valence-electron chi connectivity index (χ3n) is 6.82. The Morgan fingerprint density at radius 2 is 1.81 bits per heavy atom. The maximum Gasteiger partial charge on any atom is 0.335 e. The van der Waals surface area contributed by atoms with E-state index in [4.69, 9.17) is 29.1 Å². The molecule has 1 unspecified atom stereocenters. The average molecular weight is 586 g/mol. The van der Waals surface area contributed by atoms with Crippen molar-refractivity contribution in [2.45, 2.75) is 43.2 Å². The Morgan fingerprint density at radius 3 is 2.45 bits per heavy atom. The van der Waals surface area contributed by atoms with Crippen LogP contribution in [-0.2, 0) is 9.53 Å². The van der Waals surface area contributed by atoms with Gasteiger partial charge in [-0.05, 0) is 28.8 Å². The van der Waals surface area contributed by atoms with E-state index in [-0.39, 0.29) is 28.6 Å². The number of phenols is 1. The van der Waals surface area contributed by atoms with E-state index in [1.54, 1.807) is 30.3 Å². The molecular weight excluding hydrogens is 556 g/mol. The number of ether oxygens (including phenoxy) is 5. The summed E-state index contributed by atoms with van der Waals surface area (Å²) in [6.45, 7) is 0.385. The number of aliphatic hydroxyl groups excluding tert-OH is 4. The Labute approximate surface area is 238 Å². The number of carbonyl (C=O) groups is 1. The summed E-state index contributed by atoms with van der Waals surface area (Å²) in [7, 11) is 1.20. The molecule has 3 heterocycles. The number of aliphatic hydroxyl groups is 4. The van der Waals surface area contributed by atoms with Crippen LogP contribution in [0.5, 0.6) is 28.7 Å². The van der Waals surface area contributed by atoms with Gasteiger partial charge in [0.25, 0.3) is 0 Å². The third kappa shape index (κ3) is 5.60. The first-order chi connectivity index (χ1) is 20.1. The minimum Gasteiger partial charge on any atom is -0.507 e. The molecule has 0 radical (unpaired) electrons. The second-order valence-electron chi connectivity index (χ2n) is 9.60. The first kappa shape index (κ1) is 28.9. The average Bonchev–Trinajstić information content (AvgIpc) is 3.38. The smallest absolute Gasteiger partial charge is 0.335 e. The van der Waals surface area contributed by atoms with Crippen LogP contribution in [0, 0.1) is 0 Å². The van der Waals surface area contributed by atoms with E-state index in [9.17, 15) is 35.4 Å². The molecule has 0 bridgehead atoms. The summed E-state index contributed by atoms with van der Waals surface area (Å²) < 4.78 is 27.8. The molecule has 0 spiro atoms. The van der Waals surface area contributed by atoms with Crippen LogP contribution in [0.15, 0.2) is 53.6 Å². The summed E-state index contributed by atoms with van der Waals surface area (Å²) in [6.07, 6.45) is -4.67. The normalized spacial score (nSPS) is 26.5. The molecule has 1 saturated heterocycles. The van der Waals surface area contributed by atoms with Gasteiger partial charge in [-0.15, -0.1) is 0 Å². The Morgan fingerprint density at radius 1 is 1.07 bits per heavy atom. The van der Waals surface area contributed by atoms with Crippen LogP contribution in [0.2, 0.25) is 0 Å². The molecule has 3 aliphatic heterocycles. The van der Waals surface area contributed by atoms with Crippen molar-refractivity contribution in [3.8, 4) is 28.7 Å². The molecule has 1 fully saturated rings. The summed E-state index contributed by atoms with van der Waals surface area (Å²) in [5, 5.41) is 67.0. The number of aliphatic carboxylic acids is 1. The van der Waals surface area contributed by atoms with Crippen LogP contribution in [-0.4, -0.2) is 92.6 Å². The lowest BCUT2D eigenvalue weighted by Crippen LogP contribution is -2.61. The quantitative estimate of drug-likeness (QED) is 0.200. The van der Waals surface area contributed by atoms with Crippen LogP contribution >= 0.6 is 0 Å². The monoisotopic (exact) mass is 585 g/mol. The second-order valence-corrected chi connectivity index (χ2v) is 9.60. The summed E-state index contributed by atoms with van der Waals surface area (Å²) in [5.41, 5.74) is 1.36. The zero-order valence-corrected chi connectivity index (χ0v) is 22.2. The molecule has 2 aromatic carbocycles. The number of nitrogens with two attached hydrogens (primary N) is 1. The van der Waals surface area contributed by atoms with Crippen molar-refractivity contribution in [2.75, 3.05) is 13.7 Å². The van der Waals surface area contributed by atoms with Crippen molar-refractivity contribution >= 4 is 23.3 Å². The SMILES string of the molecule is COc1c(O[C@@H]2O[C@H](C(=O)O)[C@@H](O)[C@@H](O)[C@H]2O)cc2c(c1O)C(O)=CC(c1ccc(OCCC3=NC(=[NH2+])C=C3)cc1)O2. The van der Waals surface area contributed by atoms with E-state index < -0.39 is 48.5 Å². The fraction of sp³-hybridized carbons (Fsp3) is 0.321. The minimum absolute atomic E-state index is 0.0317. The number of rotatable bonds is 9. The first-order valence-electron chi connectivity index (χ1n) is 12.8. The van der Waals surface area contributed by atoms with Gasteiger partial charge < -0.3 is 54.3 Å². The molecule has 0 aromatic heterocycles. The fourth-order valence-corrected chi connectivity index (χ4v) is 4.65. The third-order valence-corrected chi connectivity index (χ3v) is 6.82. The summed E-state index contributed by atoms with van der Waals surface area (Å²) >= 11 is 0. The minimum atomic E-state index is -1.92. The van der Waals surface area contributed by atoms with E-state index in [1.165, 1.54) is 19.3 Å². The van der Waals surface area contributed by atoms with Gasteiger partial charge >= 0.3 is 11.8 Å². The highest BCUT2D eigenvalue weighted by Gasteiger charge is 2.48. The Kier molecular flexibility index (Phi) is 8.04. The molecule has 222 valence electrons. The zero-order chi connectivity index (χ0) is 30.1. The molecule has 5 rings (SSSR count). The van der Waals surface area contributed by atoms with Gasteiger partial charge in [-0.2, -0.15) is 0 Å². The Balaban J connectivity index is 1.34. The van der Waals surface area contributed by atoms with E-state index in [0.717, 1.165) is 5.71 Å². The van der Waals surface area contributed by atoms with E-state index >= 15 is 0 Å². The van der Waals surface area contributed by atoms with Crippen LogP contribution in [0.4, 0.5) is 0 Å². The highest BCUT2D eigenvalue weighted by molar-refractivity contribution is 6.13. The van der Waals surface area contributed by atoms with Crippen LogP contribution in [0.1, 0.15) is 23.7 Å². The number of fused-ring (bicyclic) bond motifs is 1. The Bertz CT molecular complexity index is 1470. The van der Waals surface area contributed by atoms with Gasteiger partial charge in [0, 0.05) is 24.6 Å².